The maximum Gasteiger partial charge on any atom is 0.273 e. The number of benzene rings is 2. The third-order valence-corrected chi connectivity index (χ3v) is 7.90. The van der Waals surface area contributed by atoms with Crippen LogP contribution in [0.2, 0.25) is 0 Å². The zero-order chi connectivity index (χ0) is 26.6. The van der Waals surface area contributed by atoms with E-state index in [9.17, 15) is 9.59 Å². The van der Waals surface area contributed by atoms with Crippen LogP contribution in [0.25, 0.3) is 0 Å². The number of fused-ring (bicyclic) bond motifs is 1. The van der Waals surface area contributed by atoms with Crippen LogP contribution < -0.4 is 4.74 Å². The molecule has 38 heavy (non-hydrogen) atoms. The molecule has 3 heterocycles. The van der Waals surface area contributed by atoms with E-state index in [2.05, 4.69) is 62.2 Å². The fourth-order valence-corrected chi connectivity index (χ4v) is 5.75. The number of hydrogen-bond acceptors (Lipinski definition) is 6. The molecule has 2 aliphatic rings. The third kappa shape index (κ3) is 5.92. The number of thiazole rings is 1. The van der Waals surface area contributed by atoms with Crippen LogP contribution in [0.3, 0.4) is 0 Å². The Kier molecular flexibility index (Phi) is 8.09. The molecule has 1 saturated heterocycles. The molecule has 7 nitrogen and oxygen atoms in total. The monoisotopic (exact) mass is 533 g/mol. The van der Waals surface area contributed by atoms with Gasteiger partial charge in [-0.05, 0) is 48.1 Å². The number of ether oxygens (including phenoxy) is 2. The topological polar surface area (TPSA) is 72.0 Å². The number of rotatable bonds is 7. The van der Waals surface area contributed by atoms with Gasteiger partial charge in [-0.1, -0.05) is 49.7 Å². The van der Waals surface area contributed by atoms with Crippen molar-refractivity contribution in [2.75, 3.05) is 32.8 Å². The lowest BCUT2D eigenvalue weighted by Gasteiger charge is -2.38. The van der Waals surface area contributed by atoms with Crippen LogP contribution in [0, 0.1) is 12.8 Å². The van der Waals surface area contributed by atoms with E-state index in [0.29, 0.717) is 50.9 Å². The molecule has 2 aliphatic heterocycles. The fraction of sp³-hybridized carbons (Fsp3) is 0.433. The molecule has 2 aromatic carbocycles. The molecule has 3 aromatic rings. The highest BCUT2D eigenvalue weighted by atomic mass is 32.1. The van der Waals surface area contributed by atoms with Gasteiger partial charge in [0, 0.05) is 31.4 Å². The minimum Gasteiger partial charge on any atom is -0.486 e. The van der Waals surface area contributed by atoms with E-state index in [1.54, 1.807) is 10.3 Å². The van der Waals surface area contributed by atoms with Crippen molar-refractivity contribution in [3.63, 3.8) is 0 Å². The Morgan fingerprint density at radius 1 is 1.11 bits per heavy atom. The van der Waals surface area contributed by atoms with Crippen LogP contribution in [0.15, 0.2) is 47.8 Å². The van der Waals surface area contributed by atoms with Crippen molar-refractivity contribution in [3.05, 3.63) is 80.8 Å². The average Bonchev–Trinajstić information content (AvgIpc) is 3.40. The molecule has 2 amide bonds. The standard InChI is InChI=1S/C30H35N3O4S/c1-20(2)16-28(34)33-11-10-22-8-9-24(17-25(22)29(33)23-6-4-21(3)5-7-23)37-18-27-31-26(19-38-27)30(35)32-12-14-36-15-13-32/h4-9,17,19-20,29H,10-16,18H2,1-3H3. The second-order valence-corrected chi connectivity index (χ2v) is 11.4. The SMILES string of the molecule is Cc1ccc(C2c3cc(OCc4nc(C(=O)N5CCOCC5)cs4)ccc3CCN2C(=O)CC(C)C)cc1. The second kappa shape index (κ2) is 11.7. The smallest absolute Gasteiger partial charge is 0.273 e. The molecule has 8 heteroatoms. The Bertz CT molecular complexity index is 1280. The average molecular weight is 534 g/mol. The van der Waals surface area contributed by atoms with Gasteiger partial charge in [0.2, 0.25) is 5.91 Å². The summed E-state index contributed by atoms with van der Waals surface area (Å²) in [6.45, 7) is 9.54. The van der Waals surface area contributed by atoms with Crippen LogP contribution >= 0.6 is 11.3 Å². The van der Waals surface area contributed by atoms with Gasteiger partial charge in [0.15, 0.2) is 0 Å². The Balaban J connectivity index is 1.35. The van der Waals surface area contributed by atoms with E-state index in [1.807, 2.05) is 11.0 Å². The summed E-state index contributed by atoms with van der Waals surface area (Å²) in [7, 11) is 0. The number of aryl methyl sites for hydroxylation is 1. The molecular formula is C30H35N3O4S. The van der Waals surface area contributed by atoms with E-state index < -0.39 is 0 Å². The lowest BCUT2D eigenvalue weighted by atomic mass is 9.87. The Labute approximate surface area is 228 Å². The van der Waals surface area contributed by atoms with Gasteiger partial charge in [-0.2, -0.15) is 0 Å². The Morgan fingerprint density at radius 3 is 2.61 bits per heavy atom. The molecule has 0 N–H and O–H groups in total. The van der Waals surface area contributed by atoms with Gasteiger partial charge >= 0.3 is 0 Å². The molecule has 200 valence electrons. The minimum atomic E-state index is -0.147. The molecule has 1 unspecified atom stereocenters. The highest BCUT2D eigenvalue weighted by Gasteiger charge is 2.32. The van der Waals surface area contributed by atoms with Gasteiger partial charge < -0.3 is 19.3 Å². The maximum absolute atomic E-state index is 13.3. The summed E-state index contributed by atoms with van der Waals surface area (Å²) < 4.78 is 11.5. The first-order valence-electron chi connectivity index (χ1n) is 13.3. The minimum absolute atomic E-state index is 0.0586. The zero-order valence-electron chi connectivity index (χ0n) is 22.3. The summed E-state index contributed by atoms with van der Waals surface area (Å²) in [5.41, 5.74) is 5.11. The van der Waals surface area contributed by atoms with Crippen molar-refractivity contribution in [2.45, 2.75) is 46.3 Å². The maximum atomic E-state index is 13.3. The summed E-state index contributed by atoms with van der Waals surface area (Å²) >= 11 is 1.43. The van der Waals surface area contributed by atoms with Crippen molar-refractivity contribution in [1.82, 2.24) is 14.8 Å². The number of amides is 2. The summed E-state index contributed by atoms with van der Waals surface area (Å²) in [5.74, 6) is 1.16. The quantitative estimate of drug-likeness (QED) is 0.426. The first-order chi connectivity index (χ1) is 18.4. The van der Waals surface area contributed by atoms with Crippen LogP contribution in [0.5, 0.6) is 5.75 Å². The van der Waals surface area contributed by atoms with Crippen LogP contribution in [0.4, 0.5) is 0 Å². The summed E-state index contributed by atoms with van der Waals surface area (Å²) in [4.78, 5) is 34.4. The second-order valence-electron chi connectivity index (χ2n) is 10.4. The van der Waals surface area contributed by atoms with Gasteiger partial charge in [0.1, 0.15) is 23.1 Å². The summed E-state index contributed by atoms with van der Waals surface area (Å²) in [5, 5.41) is 2.55. The highest BCUT2D eigenvalue weighted by molar-refractivity contribution is 7.09. The van der Waals surface area contributed by atoms with Gasteiger partial charge in [-0.15, -0.1) is 11.3 Å². The van der Waals surface area contributed by atoms with Crippen LogP contribution in [-0.2, 0) is 22.6 Å². The van der Waals surface area contributed by atoms with E-state index >= 15 is 0 Å². The van der Waals surface area contributed by atoms with Gasteiger partial charge in [-0.25, -0.2) is 4.98 Å². The lowest BCUT2D eigenvalue weighted by molar-refractivity contribution is -0.134. The van der Waals surface area contributed by atoms with Crippen LogP contribution in [-0.4, -0.2) is 59.4 Å². The summed E-state index contributed by atoms with van der Waals surface area (Å²) in [6.07, 6.45) is 1.35. The summed E-state index contributed by atoms with van der Waals surface area (Å²) in [6, 6.07) is 14.5. The predicted molar refractivity (Wildman–Crippen MR) is 148 cm³/mol. The molecule has 1 atom stereocenters. The molecule has 1 aromatic heterocycles. The van der Waals surface area contributed by atoms with E-state index in [0.717, 1.165) is 28.3 Å². The highest BCUT2D eigenvalue weighted by Crippen LogP contribution is 2.38. The van der Waals surface area contributed by atoms with E-state index in [4.69, 9.17) is 9.47 Å². The predicted octanol–water partition coefficient (Wildman–Crippen LogP) is 5.02. The fourth-order valence-electron chi connectivity index (χ4n) is 5.08. The van der Waals surface area contributed by atoms with Gasteiger partial charge in [0.25, 0.3) is 5.91 Å². The molecule has 0 saturated carbocycles. The van der Waals surface area contributed by atoms with Crippen molar-refractivity contribution < 1.29 is 19.1 Å². The molecule has 0 bridgehead atoms. The molecular weight excluding hydrogens is 498 g/mol. The number of hydrogen-bond donors (Lipinski definition) is 0. The first-order valence-corrected chi connectivity index (χ1v) is 14.2. The number of carbonyl (C=O) groups is 2. The first kappa shape index (κ1) is 26.4. The largest absolute Gasteiger partial charge is 0.486 e. The van der Waals surface area contributed by atoms with Crippen molar-refractivity contribution >= 4 is 23.2 Å². The number of morpholine rings is 1. The van der Waals surface area contributed by atoms with Crippen molar-refractivity contribution in [3.8, 4) is 5.75 Å². The Morgan fingerprint density at radius 2 is 1.87 bits per heavy atom. The normalized spacial score (nSPS) is 17.4. The molecule has 0 radical (unpaired) electrons. The molecule has 0 spiro atoms. The van der Waals surface area contributed by atoms with Crippen LogP contribution in [0.1, 0.15) is 64.1 Å². The van der Waals surface area contributed by atoms with Gasteiger partial charge in [0.05, 0.1) is 19.3 Å². The molecule has 1 fully saturated rings. The van der Waals surface area contributed by atoms with Gasteiger partial charge in [-0.3, -0.25) is 9.59 Å². The molecule has 0 aliphatic carbocycles. The number of aromatic nitrogens is 1. The van der Waals surface area contributed by atoms with Crippen molar-refractivity contribution in [1.29, 1.82) is 0 Å². The number of nitrogens with zero attached hydrogens (tertiary/aromatic N) is 3. The Hall–Kier alpha value is -3.23. The number of carbonyl (C=O) groups excluding carboxylic acids is 2. The zero-order valence-corrected chi connectivity index (χ0v) is 23.1. The lowest BCUT2D eigenvalue weighted by Crippen LogP contribution is -2.41. The third-order valence-electron chi connectivity index (χ3n) is 7.07. The van der Waals surface area contributed by atoms with E-state index in [1.165, 1.54) is 22.5 Å². The van der Waals surface area contributed by atoms with Crippen molar-refractivity contribution in [2.24, 2.45) is 5.92 Å². The van der Waals surface area contributed by atoms with E-state index in [-0.39, 0.29) is 24.5 Å². The molecule has 5 rings (SSSR count).